The first-order valence-corrected chi connectivity index (χ1v) is 2.78. The van der Waals surface area contributed by atoms with Gasteiger partial charge in [0, 0.05) is 11.6 Å². The molecule has 0 radical (unpaired) electrons. The first kappa shape index (κ1) is 6.28. The standard InChI is InChI=1S/C10H4/c1-2-3-7-10-8-5-4-6-9-10/h1,5,8-9H. The van der Waals surface area contributed by atoms with E-state index in [1.54, 1.807) is 12.1 Å². The van der Waals surface area contributed by atoms with E-state index in [2.05, 4.69) is 29.9 Å². The van der Waals surface area contributed by atoms with Gasteiger partial charge in [-0.1, -0.05) is 18.1 Å². The fraction of sp³-hybridized carbons (Fsp3) is 0. The highest BCUT2D eigenvalue weighted by molar-refractivity contribution is 5.37. The molecule has 0 aliphatic carbocycles. The van der Waals surface area contributed by atoms with Gasteiger partial charge in [-0.25, -0.2) is 0 Å². The predicted molar refractivity (Wildman–Crippen MR) is 39.8 cm³/mol. The van der Waals surface area contributed by atoms with Crippen molar-refractivity contribution in [2.45, 2.75) is 0 Å². The number of terminal acetylenes is 1. The highest BCUT2D eigenvalue weighted by Gasteiger charge is 1.76. The zero-order valence-electron chi connectivity index (χ0n) is 5.31. The normalized spacial score (nSPS) is 6.30. The molecule has 0 N–H and O–H groups in total. The Labute approximate surface area is 60.9 Å². The Kier molecular flexibility index (Phi) is 2.03. The molecule has 0 unspecified atom stereocenters. The zero-order chi connectivity index (χ0) is 7.23. The molecule has 0 heterocycles. The van der Waals surface area contributed by atoms with E-state index in [9.17, 15) is 0 Å². The van der Waals surface area contributed by atoms with Gasteiger partial charge < -0.3 is 0 Å². The van der Waals surface area contributed by atoms with Gasteiger partial charge in [-0.05, 0) is 24.0 Å². The first-order chi connectivity index (χ1) is 4.93. The van der Waals surface area contributed by atoms with Gasteiger partial charge in [0.05, 0.1) is 0 Å². The maximum Gasteiger partial charge on any atom is 0.0345 e. The molecular weight excluding hydrogens is 120 g/mol. The Morgan fingerprint density at radius 3 is 2.90 bits per heavy atom. The molecular formula is C10H4. The molecule has 10 heavy (non-hydrogen) atoms. The summed E-state index contributed by atoms with van der Waals surface area (Å²) in [7, 11) is 0. The maximum atomic E-state index is 4.93. The summed E-state index contributed by atoms with van der Waals surface area (Å²) in [5.74, 6) is 7.50. The molecule has 44 valence electrons. The van der Waals surface area contributed by atoms with Crippen molar-refractivity contribution in [2.24, 2.45) is 0 Å². The molecule has 0 amide bonds. The molecule has 0 saturated carbocycles. The summed E-state index contributed by atoms with van der Waals surface area (Å²) < 4.78 is 0. The van der Waals surface area contributed by atoms with Crippen LogP contribution in [0.1, 0.15) is 5.56 Å². The molecule has 0 aromatic heterocycles. The molecule has 0 saturated heterocycles. The summed E-state index contributed by atoms with van der Waals surface area (Å²) in [5.41, 5.74) is 0.872. The van der Waals surface area contributed by atoms with Crippen molar-refractivity contribution in [3.8, 4) is 24.2 Å². The number of rotatable bonds is 0. The van der Waals surface area contributed by atoms with Crippen LogP contribution in [0.15, 0.2) is 18.2 Å². The van der Waals surface area contributed by atoms with E-state index in [0.29, 0.717) is 0 Å². The van der Waals surface area contributed by atoms with E-state index in [4.69, 9.17) is 6.42 Å². The summed E-state index contributed by atoms with van der Waals surface area (Å²) in [4.78, 5) is 0. The van der Waals surface area contributed by atoms with E-state index in [0.717, 1.165) is 5.56 Å². The molecule has 0 atom stereocenters. The van der Waals surface area contributed by atoms with Crippen LogP contribution in [0.2, 0.25) is 0 Å². The largest absolute Gasteiger partial charge is 0.106 e. The van der Waals surface area contributed by atoms with Crippen molar-refractivity contribution < 1.29 is 0 Å². The minimum atomic E-state index is 0.872. The van der Waals surface area contributed by atoms with Gasteiger partial charge in [0.2, 0.25) is 0 Å². The summed E-state index contributed by atoms with van der Waals surface area (Å²) in [6.07, 6.45) is 4.93. The Hall–Kier alpha value is -1.84. The van der Waals surface area contributed by atoms with Crippen LogP contribution in [0, 0.1) is 36.3 Å². The molecule has 0 aliphatic heterocycles. The average Bonchev–Trinajstić information content (AvgIpc) is 2.03. The average molecular weight is 124 g/mol. The third kappa shape index (κ3) is 1.59. The molecule has 0 fully saturated rings. The lowest BCUT2D eigenvalue weighted by Crippen LogP contribution is -1.66. The van der Waals surface area contributed by atoms with Crippen LogP contribution in [0.5, 0.6) is 0 Å². The minimum Gasteiger partial charge on any atom is -0.106 e. The molecule has 0 heteroatoms. The summed E-state index contributed by atoms with van der Waals surface area (Å²) >= 11 is 0. The molecule has 1 rings (SSSR count). The van der Waals surface area contributed by atoms with E-state index in [1.165, 1.54) is 0 Å². The van der Waals surface area contributed by atoms with Crippen LogP contribution in [0.4, 0.5) is 0 Å². The van der Waals surface area contributed by atoms with Crippen LogP contribution >= 0.6 is 0 Å². The van der Waals surface area contributed by atoms with Crippen molar-refractivity contribution in [1.29, 1.82) is 0 Å². The topological polar surface area (TPSA) is 0 Å². The third-order valence-corrected chi connectivity index (χ3v) is 0.936. The van der Waals surface area contributed by atoms with Crippen LogP contribution in [-0.4, -0.2) is 0 Å². The maximum absolute atomic E-state index is 4.93. The molecule has 1 aromatic rings. The smallest absolute Gasteiger partial charge is 0.0345 e. The molecule has 0 nitrogen and oxygen atoms in total. The number of hydrogen-bond acceptors (Lipinski definition) is 0. The van der Waals surface area contributed by atoms with Gasteiger partial charge in [0.25, 0.3) is 0 Å². The Bertz CT molecular complexity index is 290. The van der Waals surface area contributed by atoms with Crippen molar-refractivity contribution in [3.05, 3.63) is 35.9 Å². The van der Waals surface area contributed by atoms with Crippen molar-refractivity contribution in [3.63, 3.8) is 0 Å². The second-order valence-corrected chi connectivity index (χ2v) is 1.62. The van der Waals surface area contributed by atoms with Crippen molar-refractivity contribution in [2.75, 3.05) is 0 Å². The lowest BCUT2D eigenvalue weighted by atomic mass is 10.2. The van der Waals surface area contributed by atoms with E-state index >= 15 is 0 Å². The lowest BCUT2D eigenvalue weighted by molar-refractivity contribution is 1.68. The molecule has 1 aromatic carbocycles. The third-order valence-electron chi connectivity index (χ3n) is 0.936. The Morgan fingerprint density at radius 2 is 2.30 bits per heavy atom. The van der Waals surface area contributed by atoms with E-state index < -0.39 is 0 Å². The van der Waals surface area contributed by atoms with E-state index in [1.807, 2.05) is 6.07 Å². The summed E-state index contributed by atoms with van der Waals surface area (Å²) in [6.45, 7) is 0. The van der Waals surface area contributed by atoms with Gasteiger partial charge in [0.1, 0.15) is 0 Å². The van der Waals surface area contributed by atoms with Gasteiger partial charge in [-0.2, -0.15) is 0 Å². The van der Waals surface area contributed by atoms with Crippen LogP contribution in [-0.2, 0) is 0 Å². The molecule has 0 aliphatic rings. The van der Waals surface area contributed by atoms with Gasteiger partial charge in [-0.15, -0.1) is 6.42 Å². The van der Waals surface area contributed by atoms with Crippen LogP contribution in [0.3, 0.4) is 0 Å². The fourth-order valence-electron chi connectivity index (χ4n) is 0.533. The van der Waals surface area contributed by atoms with Crippen LogP contribution in [0.25, 0.3) is 0 Å². The van der Waals surface area contributed by atoms with Gasteiger partial charge in [0.15, 0.2) is 0 Å². The lowest BCUT2D eigenvalue weighted by Gasteiger charge is -1.78. The van der Waals surface area contributed by atoms with Crippen LogP contribution < -0.4 is 0 Å². The first-order valence-electron chi connectivity index (χ1n) is 2.78. The summed E-state index contributed by atoms with van der Waals surface area (Å²) in [6, 6.07) is 10.9. The molecule has 0 spiro atoms. The van der Waals surface area contributed by atoms with Crippen molar-refractivity contribution in [1.82, 2.24) is 0 Å². The second-order valence-electron chi connectivity index (χ2n) is 1.62. The highest BCUT2D eigenvalue weighted by Crippen LogP contribution is 1.89. The number of hydrogen-bond donors (Lipinski definition) is 0. The quantitative estimate of drug-likeness (QED) is 0.457. The molecule has 0 bridgehead atoms. The Balaban J connectivity index is 2.89. The van der Waals surface area contributed by atoms with E-state index in [-0.39, 0.29) is 0 Å². The SMILES string of the molecule is C#CC#Cc1cc#ccc1. The highest BCUT2D eigenvalue weighted by atomic mass is 13.8. The zero-order valence-corrected chi connectivity index (χ0v) is 5.31. The second kappa shape index (κ2) is 3.24. The summed E-state index contributed by atoms with van der Waals surface area (Å²) in [5, 5.41) is 0. The van der Waals surface area contributed by atoms with Gasteiger partial charge >= 0.3 is 0 Å². The fourth-order valence-corrected chi connectivity index (χ4v) is 0.533. The van der Waals surface area contributed by atoms with Crippen molar-refractivity contribution >= 4 is 0 Å². The predicted octanol–water partition coefficient (Wildman–Crippen LogP) is 1.27. The monoisotopic (exact) mass is 124 g/mol. The minimum absolute atomic E-state index is 0.872. The Morgan fingerprint density at radius 1 is 1.40 bits per heavy atom. The van der Waals surface area contributed by atoms with Gasteiger partial charge in [-0.3, -0.25) is 0 Å².